The third kappa shape index (κ3) is 21.5. The molecular weight excluding hydrogens is 560 g/mol. The lowest BCUT2D eigenvalue weighted by molar-refractivity contribution is -0.140. The van der Waals surface area contributed by atoms with E-state index in [9.17, 15) is 34.5 Å². The summed E-state index contributed by atoms with van der Waals surface area (Å²) in [7, 11) is 0. The first-order valence-corrected chi connectivity index (χ1v) is 15.0. The Morgan fingerprint density at radius 2 is 0.878 bits per heavy atom. The molecule has 3 N–H and O–H groups in total. The van der Waals surface area contributed by atoms with Crippen LogP contribution in [0.4, 0.5) is 0 Å². The van der Waals surface area contributed by atoms with Gasteiger partial charge in [0.05, 0.1) is 39.4 Å². The van der Waals surface area contributed by atoms with E-state index in [0.29, 0.717) is 97.5 Å². The van der Waals surface area contributed by atoms with Crippen molar-refractivity contribution in [2.24, 2.45) is 0 Å². The SMILES string of the molecule is O=C(O)CN1CCN(CC(=O)O)CCN(CC(=O)CCCOCCOCCCCCCCl)CCN(CC(=O)O)CC1. The number of carbonyl (C=O) groups excluding carboxylic acids is 1. The molecule has 0 unspecified atom stereocenters. The Bertz CT molecular complexity index is 730. The van der Waals surface area contributed by atoms with E-state index in [1.165, 1.54) is 0 Å². The van der Waals surface area contributed by atoms with Crippen LogP contribution in [0.2, 0.25) is 0 Å². The van der Waals surface area contributed by atoms with Gasteiger partial charge in [-0.1, -0.05) is 12.8 Å². The summed E-state index contributed by atoms with van der Waals surface area (Å²) in [6.07, 6.45) is 5.19. The highest BCUT2D eigenvalue weighted by atomic mass is 35.5. The molecule has 0 aromatic heterocycles. The number of ether oxygens (including phenoxy) is 2. The van der Waals surface area contributed by atoms with Crippen molar-refractivity contribution in [1.29, 1.82) is 0 Å². The van der Waals surface area contributed by atoms with E-state index in [0.717, 1.165) is 25.7 Å². The molecule has 0 amide bonds. The van der Waals surface area contributed by atoms with Crippen LogP contribution >= 0.6 is 11.6 Å². The van der Waals surface area contributed by atoms with Crippen LogP contribution < -0.4 is 0 Å². The summed E-state index contributed by atoms with van der Waals surface area (Å²) in [5.74, 6) is -2.23. The van der Waals surface area contributed by atoms with Gasteiger partial charge in [0.15, 0.2) is 0 Å². The van der Waals surface area contributed by atoms with Crippen molar-refractivity contribution in [3.8, 4) is 0 Å². The first-order chi connectivity index (χ1) is 19.7. The molecule has 14 heteroatoms. The van der Waals surface area contributed by atoms with Crippen molar-refractivity contribution >= 4 is 35.3 Å². The lowest BCUT2D eigenvalue weighted by Crippen LogP contribution is -2.49. The molecule has 1 rings (SSSR count). The summed E-state index contributed by atoms with van der Waals surface area (Å²) in [4.78, 5) is 53.9. The summed E-state index contributed by atoms with van der Waals surface area (Å²) in [5, 5.41) is 27.9. The third-order valence-electron chi connectivity index (χ3n) is 6.69. The summed E-state index contributed by atoms with van der Waals surface area (Å²) in [5.41, 5.74) is 0. The minimum atomic E-state index is -1.00. The maximum absolute atomic E-state index is 12.7. The summed E-state index contributed by atoms with van der Waals surface area (Å²) >= 11 is 5.66. The fourth-order valence-corrected chi connectivity index (χ4v) is 4.65. The molecule has 0 spiro atoms. The first kappa shape index (κ1) is 37.2. The molecule has 0 aromatic carbocycles. The van der Waals surface area contributed by atoms with Crippen LogP contribution in [0.1, 0.15) is 38.5 Å². The highest BCUT2D eigenvalue weighted by Crippen LogP contribution is 2.04. The second-order valence-corrected chi connectivity index (χ2v) is 10.6. The average Bonchev–Trinajstić information content (AvgIpc) is 2.90. The van der Waals surface area contributed by atoms with Crippen LogP contribution in [-0.4, -0.2) is 169 Å². The monoisotopic (exact) mass is 608 g/mol. The van der Waals surface area contributed by atoms with E-state index in [4.69, 9.17) is 21.1 Å². The zero-order valence-corrected chi connectivity index (χ0v) is 25.0. The highest BCUT2D eigenvalue weighted by molar-refractivity contribution is 6.17. The van der Waals surface area contributed by atoms with Crippen molar-refractivity contribution in [2.75, 3.05) is 111 Å². The van der Waals surface area contributed by atoms with Gasteiger partial charge in [-0.25, -0.2) is 0 Å². The van der Waals surface area contributed by atoms with E-state index in [-0.39, 0.29) is 32.0 Å². The van der Waals surface area contributed by atoms with Gasteiger partial charge >= 0.3 is 17.9 Å². The van der Waals surface area contributed by atoms with Gasteiger partial charge in [-0.15, -0.1) is 11.6 Å². The number of carbonyl (C=O) groups is 4. The van der Waals surface area contributed by atoms with Crippen LogP contribution in [0.5, 0.6) is 0 Å². The second-order valence-electron chi connectivity index (χ2n) is 10.3. The normalized spacial score (nSPS) is 17.1. The summed E-state index contributed by atoms with van der Waals surface area (Å²) < 4.78 is 11.1. The average molecular weight is 609 g/mol. The number of unbranched alkanes of at least 4 members (excludes halogenated alkanes) is 3. The van der Waals surface area contributed by atoms with Crippen LogP contribution in [0.3, 0.4) is 0 Å². The van der Waals surface area contributed by atoms with E-state index >= 15 is 0 Å². The number of halogens is 1. The number of hydrogen-bond donors (Lipinski definition) is 3. The fraction of sp³-hybridized carbons (Fsp3) is 0.852. The number of nitrogens with zero attached hydrogens (tertiary/aromatic N) is 4. The number of ketones is 1. The van der Waals surface area contributed by atoms with Crippen molar-refractivity contribution in [3.63, 3.8) is 0 Å². The Labute approximate surface area is 248 Å². The molecule has 1 heterocycles. The molecule has 0 bridgehead atoms. The van der Waals surface area contributed by atoms with Gasteiger partial charge < -0.3 is 24.8 Å². The molecule has 238 valence electrons. The number of carboxylic acid groups (broad SMARTS) is 3. The number of carboxylic acids is 3. The Hall–Kier alpha value is -1.87. The molecule has 13 nitrogen and oxygen atoms in total. The molecule has 0 radical (unpaired) electrons. The van der Waals surface area contributed by atoms with Crippen LogP contribution in [-0.2, 0) is 28.7 Å². The topological polar surface area (TPSA) is 160 Å². The predicted octanol–water partition coefficient (Wildman–Crippen LogP) is 0.644. The van der Waals surface area contributed by atoms with Crippen molar-refractivity contribution < 1.29 is 44.0 Å². The predicted molar refractivity (Wildman–Crippen MR) is 154 cm³/mol. The Morgan fingerprint density at radius 3 is 1.27 bits per heavy atom. The molecule has 0 aromatic rings. The maximum atomic E-state index is 12.7. The lowest BCUT2D eigenvalue weighted by Gasteiger charge is -2.32. The molecular formula is C27H49ClN4O9. The van der Waals surface area contributed by atoms with Gasteiger partial charge in [-0.05, 0) is 19.3 Å². The van der Waals surface area contributed by atoms with E-state index < -0.39 is 17.9 Å². The largest absolute Gasteiger partial charge is 0.480 e. The van der Waals surface area contributed by atoms with Crippen molar-refractivity contribution in [1.82, 2.24) is 19.6 Å². The molecule has 0 saturated carbocycles. The van der Waals surface area contributed by atoms with Crippen LogP contribution in [0, 0.1) is 0 Å². The first-order valence-electron chi connectivity index (χ1n) is 14.5. The summed E-state index contributed by atoms with van der Waals surface area (Å²) in [6, 6.07) is 0. The lowest BCUT2D eigenvalue weighted by atomic mass is 10.2. The van der Waals surface area contributed by atoms with Gasteiger partial charge in [0.1, 0.15) is 5.78 Å². The van der Waals surface area contributed by atoms with Crippen LogP contribution in [0.15, 0.2) is 0 Å². The van der Waals surface area contributed by atoms with E-state index in [2.05, 4.69) is 0 Å². The van der Waals surface area contributed by atoms with Crippen LogP contribution in [0.25, 0.3) is 0 Å². The quantitative estimate of drug-likeness (QED) is 0.123. The van der Waals surface area contributed by atoms with Gasteiger partial charge in [0, 0.05) is 77.9 Å². The molecule has 0 aliphatic carbocycles. The highest BCUT2D eigenvalue weighted by Gasteiger charge is 2.21. The fourth-order valence-electron chi connectivity index (χ4n) is 4.46. The minimum absolute atomic E-state index is 0.0380. The third-order valence-corrected chi connectivity index (χ3v) is 6.96. The number of rotatable bonds is 21. The zero-order chi connectivity index (χ0) is 30.3. The molecule has 1 fully saturated rings. The minimum Gasteiger partial charge on any atom is -0.480 e. The van der Waals surface area contributed by atoms with Gasteiger partial charge in [-0.3, -0.25) is 38.8 Å². The number of aliphatic carboxylic acids is 3. The van der Waals surface area contributed by atoms with E-state index in [1.807, 2.05) is 4.90 Å². The summed E-state index contributed by atoms with van der Waals surface area (Å²) in [6.45, 7) is 4.71. The van der Waals surface area contributed by atoms with Crippen molar-refractivity contribution in [3.05, 3.63) is 0 Å². The Morgan fingerprint density at radius 1 is 0.512 bits per heavy atom. The van der Waals surface area contributed by atoms with Gasteiger partial charge in [-0.2, -0.15) is 0 Å². The molecule has 1 aliphatic rings. The van der Waals surface area contributed by atoms with E-state index in [1.54, 1.807) is 14.7 Å². The number of hydrogen-bond acceptors (Lipinski definition) is 10. The number of Topliss-reactive ketones (excluding diaryl/α,β-unsaturated/α-hetero) is 1. The maximum Gasteiger partial charge on any atom is 0.317 e. The van der Waals surface area contributed by atoms with Gasteiger partial charge in [0.2, 0.25) is 0 Å². The Balaban J connectivity index is 2.53. The second kappa shape index (κ2) is 23.7. The standard InChI is InChI=1S/C27H49ClN4O9/c28-7-3-1-2-4-16-40-18-19-41-17-5-6-24(33)20-29-8-10-30(21-25(34)35)12-14-32(23-27(38)39)15-13-31(11-9-29)22-26(36)37/h1-23H2,(H,34,35)(H,36,37)(H,38,39). The zero-order valence-electron chi connectivity index (χ0n) is 24.2. The molecule has 1 saturated heterocycles. The van der Waals surface area contributed by atoms with Crippen molar-refractivity contribution in [2.45, 2.75) is 38.5 Å². The van der Waals surface area contributed by atoms with Gasteiger partial charge in [0.25, 0.3) is 0 Å². The molecule has 0 atom stereocenters. The number of alkyl halides is 1. The molecule has 1 aliphatic heterocycles. The molecule has 41 heavy (non-hydrogen) atoms. The Kier molecular flexibility index (Phi) is 21.4. The smallest absolute Gasteiger partial charge is 0.317 e.